The van der Waals surface area contributed by atoms with Crippen molar-refractivity contribution in [3.63, 3.8) is 0 Å². The Labute approximate surface area is 161 Å². The van der Waals surface area contributed by atoms with Gasteiger partial charge < -0.3 is 10.1 Å². The number of hydrogen-bond acceptors (Lipinski definition) is 5. The number of carbonyl (C=O) groups is 3. The zero-order valence-corrected chi connectivity index (χ0v) is 15.5. The summed E-state index contributed by atoms with van der Waals surface area (Å²) >= 11 is 0.834. The smallest absolute Gasteiger partial charge is 0.294 e. The van der Waals surface area contributed by atoms with E-state index in [-0.39, 0.29) is 6.54 Å². The van der Waals surface area contributed by atoms with Gasteiger partial charge in [-0.25, -0.2) is 0 Å². The van der Waals surface area contributed by atoms with Gasteiger partial charge >= 0.3 is 0 Å². The normalized spacial score (nSPS) is 15.3. The minimum atomic E-state index is -0.462. The highest BCUT2D eigenvalue weighted by molar-refractivity contribution is 8.18. The van der Waals surface area contributed by atoms with E-state index in [0.717, 1.165) is 22.2 Å². The van der Waals surface area contributed by atoms with E-state index in [0.29, 0.717) is 22.9 Å². The predicted molar refractivity (Wildman–Crippen MR) is 105 cm³/mol. The first kappa shape index (κ1) is 18.7. The van der Waals surface area contributed by atoms with Crippen molar-refractivity contribution in [2.75, 3.05) is 18.5 Å². The lowest BCUT2D eigenvalue weighted by Crippen LogP contribution is -2.36. The summed E-state index contributed by atoms with van der Waals surface area (Å²) in [4.78, 5) is 38.0. The van der Waals surface area contributed by atoms with E-state index >= 15 is 0 Å². The van der Waals surface area contributed by atoms with Gasteiger partial charge in [-0.1, -0.05) is 30.3 Å². The van der Waals surface area contributed by atoms with Gasteiger partial charge in [-0.3, -0.25) is 19.3 Å². The number of imide groups is 1. The van der Waals surface area contributed by atoms with E-state index in [1.165, 1.54) is 0 Å². The van der Waals surface area contributed by atoms with Gasteiger partial charge in [-0.2, -0.15) is 0 Å². The molecule has 2 aromatic rings. The maximum atomic E-state index is 12.4. The number of anilines is 1. The maximum absolute atomic E-state index is 12.4. The van der Waals surface area contributed by atoms with Crippen LogP contribution in [0.3, 0.4) is 0 Å². The Morgan fingerprint density at radius 2 is 1.81 bits per heavy atom. The fraction of sp³-hybridized carbons (Fsp3) is 0.150. The Morgan fingerprint density at radius 3 is 2.48 bits per heavy atom. The Morgan fingerprint density at radius 1 is 1.11 bits per heavy atom. The van der Waals surface area contributed by atoms with Gasteiger partial charge in [0.1, 0.15) is 12.3 Å². The summed E-state index contributed by atoms with van der Waals surface area (Å²) in [5, 5.41) is 2.22. The SMILES string of the molecule is CCOc1ccc(NC(=O)CN2C(=O)SC(=Cc3ccccc3)C2=O)cc1. The highest BCUT2D eigenvalue weighted by atomic mass is 32.2. The van der Waals surface area contributed by atoms with Crippen molar-refractivity contribution in [2.45, 2.75) is 6.92 Å². The van der Waals surface area contributed by atoms with Crippen LogP contribution in [0.4, 0.5) is 10.5 Å². The van der Waals surface area contributed by atoms with Gasteiger partial charge in [-0.15, -0.1) is 0 Å². The quantitative estimate of drug-likeness (QED) is 0.770. The van der Waals surface area contributed by atoms with E-state index < -0.39 is 17.1 Å². The van der Waals surface area contributed by atoms with Gasteiger partial charge in [0.2, 0.25) is 5.91 Å². The molecule has 3 rings (SSSR count). The zero-order valence-electron chi connectivity index (χ0n) is 14.7. The number of thioether (sulfide) groups is 1. The zero-order chi connectivity index (χ0) is 19.2. The monoisotopic (exact) mass is 382 g/mol. The molecular weight excluding hydrogens is 364 g/mol. The van der Waals surface area contributed by atoms with Crippen LogP contribution >= 0.6 is 11.8 Å². The van der Waals surface area contributed by atoms with Crippen LogP contribution < -0.4 is 10.1 Å². The largest absolute Gasteiger partial charge is 0.494 e. The summed E-state index contributed by atoms with van der Waals surface area (Å²) < 4.78 is 5.34. The number of rotatable bonds is 6. The molecule has 0 atom stereocenters. The van der Waals surface area contributed by atoms with Crippen molar-refractivity contribution < 1.29 is 19.1 Å². The first-order valence-electron chi connectivity index (χ1n) is 8.40. The summed E-state index contributed by atoms with van der Waals surface area (Å²) in [5.74, 6) is -0.203. The molecule has 0 bridgehead atoms. The van der Waals surface area contributed by atoms with Crippen molar-refractivity contribution in [2.24, 2.45) is 0 Å². The fourth-order valence-corrected chi connectivity index (χ4v) is 3.32. The molecule has 0 unspecified atom stereocenters. The Balaban J connectivity index is 1.63. The van der Waals surface area contributed by atoms with Crippen LogP contribution in [0.2, 0.25) is 0 Å². The lowest BCUT2D eigenvalue weighted by molar-refractivity contribution is -0.127. The standard InChI is InChI=1S/C20H18N2O4S/c1-2-26-16-10-8-15(9-11-16)21-18(23)13-22-19(24)17(27-20(22)25)12-14-6-4-3-5-7-14/h3-12H,2,13H2,1H3,(H,21,23). The third-order valence-corrected chi connectivity index (χ3v) is 4.63. The molecule has 1 aliphatic heterocycles. The third-order valence-electron chi connectivity index (χ3n) is 3.72. The molecule has 0 aromatic heterocycles. The highest BCUT2D eigenvalue weighted by Crippen LogP contribution is 2.32. The van der Waals surface area contributed by atoms with E-state index in [2.05, 4.69) is 5.32 Å². The van der Waals surface area contributed by atoms with Crippen LogP contribution in [0.1, 0.15) is 12.5 Å². The topological polar surface area (TPSA) is 75.7 Å². The van der Waals surface area contributed by atoms with Gasteiger partial charge in [0.15, 0.2) is 0 Å². The third kappa shape index (κ3) is 4.77. The summed E-state index contributed by atoms with van der Waals surface area (Å²) in [7, 11) is 0. The van der Waals surface area contributed by atoms with Crippen molar-refractivity contribution in [1.29, 1.82) is 0 Å². The first-order valence-corrected chi connectivity index (χ1v) is 9.21. The van der Waals surface area contributed by atoms with Crippen LogP contribution in [0.25, 0.3) is 6.08 Å². The average Bonchev–Trinajstić information content (AvgIpc) is 2.92. The molecule has 1 aliphatic rings. The fourth-order valence-electron chi connectivity index (χ4n) is 2.48. The minimum absolute atomic E-state index is 0.306. The number of nitrogens with one attached hydrogen (secondary N) is 1. The molecule has 1 saturated heterocycles. The summed E-state index contributed by atoms with van der Waals surface area (Å²) in [6.07, 6.45) is 1.65. The van der Waals surface area contributed by atoms with Gasteiger partial charge in [0, 0.05) is 5.69 Å². The summed E-state index contributed by atoms with van der Waals surface area (Å²) in [6, 6.07) is 16.1. The van der Waals surface area contributed by atoms with Gasteiger partial charge in [0.25, 0.3) is 11.1 Å². The Hall–Kier alpha value is -3.06. The number of hydrogen-bond donors (Lipinski definition) is 1. The van der Waals surface area contributed by atoms with Crippen LogP contribution in [-0.4, -0.2) is 35.1 Å². The van der Waals surface area contributed by atoms with Crippen molar-refractivity contribution in [3.05, 3.63) is 65.1 Å². The van der Waals surface area contributed by atoms with Gasteiger partial charge in [0.05, 0.1) is 11.5 Å². The second-order valence-corrected chi connectivity index (χ2v) is 6.68. The molecule has 3 amide bonds. The van der Waals surface area contributed by atoms with E-state index in [9.17, 15) is 14.4 Å². The number of amides is 3. The van der Waals surface area contributed by atoms with Gasteiger partial charge in [-0.05, 0) is 54.6 Å². The number of ether oxygens (including phenoxy) is 1. The second kappa shape index (κ2) is 8.55. The van der Waals surface area contributed by atoms with Crippen molar-refractivity contribution in [3.8, 4) is 5.75 Å². The highest BCUT2D eigenvalue weighted by Gasteiger charge is 2.36. The van der Waals surface area contributed by atoms with E-state index in [1.807, 2.05) is 37.3 Å². The molecule has 2 aromatic carbocycles. The Kier molecular flexibility index (Phi) is 5.93. The number of benzene rings is 2. The average molecular weight is 382 g/mol. The molecule has 27 heavy (non-hydrogen) atoms. The van der Waals surface area contributed by atoms with Crippen LogP contribution in [-0.2, 0) is 9.59 Å². The molecule has 0 saturated carbocycles. The second-order valence-electron chi connectivity index (χ2n) is 5.68. The molecular formula is C20H18N2O4S. The minimum Gasteiger partial charge on any atom is -0.494 e. The lowest BCUT2D eigenvalue weighted by Gasteiger charge is -2.12. The van der Waals surface area contributed by atoms with Crippen molar-refractivity contribution in [1.82, 2.24) is 4.90 Å². The first-order chi connectivity index (χ1) is 13.1. The van der Waals surface area contributed by atoms with Crippen LogP contribution in [0, 0.1) is 0 Å². The molecule has 0 aliphatic carbocycles. The molecule has 1 N–H and O–H groups in total. The predicted octanol–water partition coefficient (Wildman–Crippen LogP) is 3.76. The number of carbonyl (C=O) groups excluding carboxylic acids is 3. The molecule has 6 nitrogen and oxygen atoms in total. The molecule has 1 fully saturated rings. The molecule has 138 valence electrons. The van der Waals surface area contributed by atoms with Crippen LogP contribution in [0.15, 0.2) is 59.5 Å². The molecule has 0 spiro atoms. The van der Waals surface area contributed by atoms with E-state index in [4.69, 9.17) is 4.74 Å². The summed E-state index contributed by atoms with van der Waals surface area (Å²) in [5.41, 5.74) is 1.39. The summed E-state index contributed by atoms with van der Waals surface area (Å²) in [6.45, 7) is 2.11. The number of nitrogens with zero attached hydrogens (tertiary/aromatic N) is 1. The lowest BCUT2D eigenvalue weighted by atomic mass is 10.2. The Bertz CT molecular complexity index is 879. The maximum Gasteiger partial charge on any atom is 0.294 e. The van der Waals surface area contributed by atoms with Crippen LogP contribution in [0.5, 0.6) is 5.75 Å². The molecule has 7 heteroatoms. The van der Waals surface area contributed by atoms with Crippen molar-refractivity contribution >= 4 is 40.6 Å². The molecule has 1 heterocycles. The molecule has 0 radical (unpaired) electrons. The van der Waals surface area contributed by atoms with E-state index in [1.54, 1.807) is 30.3 Å².